The molecule has 1 heterocycles. The molecule has 102 valence electrons. The Kier molecular flexibility index (Phi) is 4.14. The minimum absolute atomic E-state index is 0.0293. The second-order valence-corrected chi connectivity index (χ2v) is 4.98. The van der Waals surface area contributed by atoms with Crippen LogP contribution in [-0.4, -0.2) is 22.0 Å². The number of hydrogen-bond acceptors (Lipinski definition) is 3. The van der Waals surface area contributed by atoms with Crippen molar-refractivity contribution in [1.82, 2.24) is 4.98 Å². The lowest BCUT2D eigenvalue weighted by Gasteiger charge is -2.08. The number of nitrogens with one attached hydrogen (secondary N) is 1. The number of carboxylic acids is 1. The van der Waals surface area contributed by atoms with Gasteiger partial charge in [-0.15, -0.1) is 0 Å². The van der Waals surface area contributed by atoms with Gasteiger partial charge in [-0.3, -0.25) is 4.79 Å². The summed E-state index contributed by atoms with van der Waals surface area (Å²) in [5.41, 5.74) is 1.38. The number of pyridine rings is 1. The van der Waals surface area contributed by atoms with Gasteiger partial charge in [0.1, 0.15) is 11.4 Å². The number of rotatable bonds is 3. The summed E-state index contributed by atoms with van der Waals surface area (Å²) < 4.78 is 0.810. The molecule has 5 nitrogen and oxygen atoms in total. The molecule has 20 heavy (non-hydrogen) atoms. The third-order valence-electron chi connectivity index (χ3n) is 2.70. The summed E-state index contributed by atoms with van der Waals surface area (Å²) in [5.74, 6) is -1.52. The Bertz CT molecular complexity index is 686. The standard InChI is InChI=1S/C14H11BrN2O3/c1-8-4-5-9(7-11(8)15)13(18)17-12-10(14(19)20)3-2-6-16-12/h2-7H,1H3,(H,19,20)(H,16,17,18). The summed E-state index contributed by atoms with van der Waals surface area (Å²) >= 11 is 3.35. The average Bonchev–Trinajstić information content (AvgIpc) is 2.42. The van der Waals surface area contributed by atoms with E-state index in [-0.39, 0.29) is 11.4 Å². The predicted molar refractivity (Wildman–Crippen MR) is 78.0 cm³/mol. The largest absolute Gasteiger partial charge is 0.478 e. The molecule has 0 fully saturated rings. The van der Waals surface area contributed by atoms with Crippen LogP contribution in [0.1, 0.15) is 26.3 Å². The molecule has 0 aliphatic carbocycles. The highest BCUT2D eigenvalue weighted by Gasteiger charge is 2.14. The smallest absolute Gasteiger partial charge is 0.339 e. The molecule has 2 rings (SSSR count). The van der Waals surface area contributed by atoms with Crippen LogP contribution in [0.25, 0.3) is 0 Å². The van der Waals surface area contributed by atoms with Crippen molar-refractivity contribution in [1.29, 1.82) is 0 Å². The van der Waals surface area contributed by atoms with Crippen molar-refractivity contribution in [2.45, 2.75) is 6.92 Å². The number of hydrogen-bond donors (Lipinski definition) is 2. The topological polar surface area (TPSA) is 79.3 Å². The van der Waals surface area contributed by atoms with E-state index in [1.54, 1.807) is 18.2 Å². The Morgan fingerprint density at radius 3 is 2.70 bits per heavy atom. The van der Waals surface area contributed by atoms with Gasteiger partial charge >= 0.3 is 5.97 Å². The predicted octanol–water partition coefficient (Wildman–Crippen LogP) is 3.10. The third-order valence-corrected chi connectivity index (χ3v) is 3.56. The zero-order valence-electron chi connectivity index (χ0n) is 10.6. The number of carbonyl (C=O) groups excluding carboxylic acids is 1. The second-order valence-electron chi connectivity index (χ2n) is 4.12. The summed E-state index contributed by atoms with van der Waals surface area (Å²) in [6, 6.07) is 8.03. The first-order valence-electron chi connectivity index (χ1n) is 5.75. The molecular formula is C14H11BrN2O3. The molecule has 0 unspecified atom stereocenters. The number of aromatic nitrogens is 1. The summed E-state index contributed by atoms with van der Waals surface area (Å²) in [5, 5.41) is 11.5. The van der Waals surface area contributed by atoms with Crippen LogP contribution in [-0.2, 0) is 0 Å². The van der Waals surface area contributed by atoms with E-state index in [9.17, 15) is 9.59 Å². The van der Waals surface area contributed by atoms with Gasteiger partial charge in [-0.25, -0.2) is 9.78 Å². The highest BCUT2D eigenvalue weighted by molar-refractivity contribution is 9.10. The van der Waals surface area contributed by atoms with E-state index in [4.69, 9.17) is 5.11 Å². The number of aryl methyl sites for hydroxylation is 1. The number of carboxylic acid groups (broad SMARTS) is 1. The first-order chi connectivity index (χ1) is 9.49. The van der Waals surface area contributed by atoms with Crippen molar-refractivity contribution in [3.63, 3.8) is 0 Å². The Balaban J connectivity index is 2.28. The van der Waals surface area contributed by atoms with Gasteiger partial charge in [0.05, 0.1) is 0 Å². The van der Waals surface area contributed by atoms with Crippen molar-refractivity contribution in [3.8, 4) is 0 Å². The van der Waals surface area contributed by atoms with Crippen molar-refractivity contribution >= 4 is 33.6 Å². The first kappa shape index (κ1) is 14.2. The van der Waals surface area contributed by atoms with Crippen LogP contribution in [0.3, 0.4) is 0 Å². The highest BCUT2D eigenvalue weighted by atomic mass is 79.9. The summed E-state index contributed by atoms with van der Waals surface area (Å²) in [7, 11) is 0. The van der Waals surface area contributed by atoms with E-state index in [2.05, 4.69) is 26.2 Å². The maximum Gasteiger partial charge on any atom is 0.339 e. The van der Waals surface area contributed by atoms with Gasteiger partial charge in [-0.2, -0.15) is 0 Å². The molecule has 2 N–H and O–H groups in total. The number of amides is 1. The molecule has 0 radical (unpaired) electrons. The molecule has 1 aromatic heterocycles. The van der Waals surface area contributed by atoms with Gasteiger partial charge in [-0.05, 0) is 36.8 Å². The number of carbonyl (C=O) groups is 2. The van der Waals surface area contributed by atoms with Gasteiger partial charge in [0.15, 0.2) is 0 Å². The zero-order valence-corrected chi connectivity index (χ0v) is 12.1. The van der Waals surface area contributed by atoms with E-state index < -0.39 is 11.9 Å². The van der Waals surface area contributed by atoms with Crippen LogP contribution < -0.4 is 5.32 Å². The van der Waals surface area contributed by atoms with Crippen molar-refractivity contribution in [3.05, 3.63) is 57.7 Å². The Morgan fingerprint density at radius 1 is 1.30 bits per heavy atom. The summed E-state index contributed by atoms with van der Waals surface area (Å²) in [4.78, 5) is 27.0. The summed E-state index contributed by atoms with van der Waals surface area (Å²) in [6.45, 7) is 1.91. The minimum Gasteiger partial charge on any atom is -0.478 e. The SMILES string of the molecule is Cc1ccc(C(=O)Nc2ncccc2C(=O)O)cc1Br. The lowest BCUT2D eigenvalue weighted by atomic mass is 10.1. The van der Waals surface area contributed by atoms with E-state index in [0.29, 0.717) is 5.56 Å². The molecule has 0 saturated heterocycles. The number of aromatic carboxylic acids is 1. The molecular weight excluding hydrogens is 324 g/mol. The molecule has 1 aromatic carbocycles. The first-order valence-corrected chi connectivity index (χ1v) is 6.54. The minimum atomic E-state index is -1.14. The van der Waals surface area contributed by atoms with Crippen LogP contribution in [0.5, 0.6) is 0 Å². The fourth-order valence-corrected chi connectivity index (χ4v) is 1.97. The van der Waals surface area contributed by atoms with Gasteiger partial charge in [0, 0.05) is 16.2 Å². The molecule has 0 aliphatic heterocycles. The second kappa shape index (κ2) is 5.83. The van der Waals surface area contributed by atoms with Gasteiger partial charge in [0.2, 0.25) is 0 Å². The average molecular weight is 335 g/mol. The Morgan fingerprint density at radius 2 is 2.05 bits per heavy atom. The normalized spacial score (nSPS) is 10.1. The van der Waals surface area contributed by atoms with Crippen LogP contribution in [0.4, 0.5) is 5.82 Å². The molecule has 2 aromatic rings. The fraction of sp³-hybridized carbons (Fsp3) is 0.0714. The Hall–Kier alpha value is -2.21. The quantitative estimate of drug-likeness (QED) is 0.903. The molecule has 0 bridgehead atoms. The van der Waals surface area contributed by atoms with Crippen LogP contribution in [0.2, 0.25) is 0 Å². The number of benzene rings is 1. The van der Waals surface area contributed by atoms with E-state index in [1.807, 2.05) is 6.92 Å². The third kappa shape index (κ3) is 3.03. The maximum absolute atomic E-state index is 12.1. The lowest BCUT2D eigenvalue weighted by Crippen LogP contribution is -2.16. The van der Waals surface area contributed by atoms with Gasteiger partial charge in [0.25, 0.3) is 5.91 Å². The van der Waals surface area contributed by atoms with E-state index >= 15 is 0 Å². The summed E-state index contributed by atoms with van der Waals surface area (Å²) in [6.07, 6.45) is 1.42. The highest BCUT2D eigenvalue weighted by Crippen LogP contribution is 2.19. The number of halogens is 1. The lowest BCUT2D eigenvalue weighted by molar-refractivity contribution is 0.0697. The number of nitrogens with zero attached hydrogens (tertiary/aromatic N) is 1. The van der Waals surface area contributed by atoms with E-state index in [0.717, 1.165) is 10.0 Å². The van der Waals surface area contributed by atoms with Crippen LogP contribution >= 0.6 is 15.9 Å². The van der Waals surface area contributed by atoms with Crippen LogP contribution in [0.15, 0.2) is 41.0 Å². The Labute approximate surface area is 123 Å². The van der Waals surface area contributed by atoms with Gasteiger partial charge in [-0.1, -0.05) is 22.0 Å². The number of anilines is 1. The molecule has 1 amide bonds. The van der Waals surface area contributed by atoms with E-state index in [1.165, 1.54) is 18.3 Å². The van der Waals surface area contributed by atoms with Crippen molar-refractivity contribution in [2.24, 2.45) is 0 Å². The molecule has 0 aliphatic rings. The van der Waals surface area contributed by atoms with Crippen molar-refractivity contribution < 1.29 is 14.7 Å². The van der Waals surface area contributed by atoms with Crippen LogP contribution in [0, 0.1) is 6.92 Å². The molecule has 0 spiro atoms. The van der Waals surface area contributed by atoms with Crippen molar-refractivity contribution in [2.75, 3.05) is 5.32 Å². The molecule has 0 saturated carbocycles. The fourth-order valence-electron chi connectivity index (χ4n) is 1.59. The maximum atomic E-state index is 12.1. The van der Waals surface area contributed by atoms with Gasteiger partial charge < -0.3 is 10.4 Å². The zero-order chi connectivity index (χ0) is 14.7. The molecule has 6 heteroatoms. The monoisotopic (exact) mass is 334 g/mol. The molecule has 0 atom stereocenters.